The first-order chi connectivity index (χ1) is 9.25. The zero-order valence-electron chi connectivity index (χ0n) is 10.5. The molecule has 0 aliphatic carbocycles. The summed E-state index contributed by atoms with van der Waals surface area (Å²) < 4.78 is 19.2. The van der Waals surface area contributed by atoms with Crippen LogP contribution in [-0.2, 0) is 6.42 Å². The summed E-state index contributed by atoms with van der Waals surface area (Å²) in [4.78, 5) is 0. The minimum absolute atomic E-state index is 0.305. The second-order valence-corrected chi connectivity index (χ2v) is 4.74. The molecular formula is C16H15FO2. The summed E-state index contributed by atoms with van der Waals surface area (Å²) in [6.45, 7) is 0.738. The summed E-state index contributed by atoms with van der Waals surface area (Å²) in [6.07, 6.45) is 0.979. The molecule has 1 heterocycles. The maximum absolute atomic E-state index is 13.7. The quantitative estimate of drug-likeness (QED) is 0.896. The monoisotopic (exact) mass is 258 g/mol. The third kappa shape index (κ3) is 2.34. The Balaban J connectivity index is 1.96. The van der Waals surface area contributed by atoms with E-state index in [-0.39, 0.29) is 5.82 Å². The highest BCUT2D eigenvalue weighted by molar-refractivity contribution is 5.41. The summed E-state index contributed by atoms with van der Waals surface area (Å²) >= 11 is 0. The van der Waals surface area contributed by atoms with Gasteiger partial charge in [-0.15, -0.1) is 0 Å². The van der Waals surface area contributed by atoms with Crippen LogP contribution in [0.1, 0.15) is 29.2 Å². The van der Waals surface area contributed by atoms with E-state index in [0.29, 0.717) is 11.1 Å². The first-order valence-electron chi connectivity index (χ1n) is 6.44. The Morgan fingerprint density at radius 3 is 2.84 bits per heavy atom. The molecule has 98 valence electrons. The minimum Gasteiger partial charge on any atom is -0.493 e. The second kappa shape index (κ2) is 5.02. The number of ether oxygens (including phenoxy) is 1. The molecule has 0 saturated carbocycles. The lowest BCUT2D eigenvalue weighted by Crippen LogP contribution is -2.10. The molecule has 19 heavy (non-hydrogen) atoms. The van der Waals surface area contributed by atoms with Crippen molar-refractivity contribution in [1.29, 1.82) is 0 Å². The first-order valence-corrected chi connectivity index (χ1v) is 6.44. The van der Waals surface area contributed by atoms with Crippen LogP contribution in [-0.4, -0.2) is 11.7 Å². The molecule has 3 rings (SSSR count). The SMILES string of the molecule is OC(c1ccc2c(c1)CCCO2)c1ccccc1F. The van der Waals surface area contributed by atoms with Crippen molar-refractivity contribution in [3.8, 4) is 5.75 Å². The van der Waals surface area contributed by atoms with Crippen LogP contribution < -0.4 is 4.74 Å². The topological polar surface area (TPSA) is 29.5 Å². The fraction of sp³-hybridized carbons (Fsp3) is 0.250. The van der Waals surface area contributed by atoms with Gasteiger partial charge >= 0.3 is 0 Å². The van der Waals surface area contributed by atoms with E-state index in [1.807, 2.05) is 12.1 Å². The van der Waals surface area contributed by atoms with Crippen LogP contribution in [0.25, 0.3) is 0 Å². The van der Waals surface area contributed by atoms with Crippen molar-refractivity contribution in [2.24, 2.45) is 0 Å². The Bertz CT molecular complexity index is 595. The van der Waals surface area contributed by atoms with Crippen LogP contribution in [0.15, 0.2) is 42.5 Å². The molecule has 1 atom stereocenters. The van der Waals surface area contributed by atoms with E-state index in [4.69, 9.17) is 4.74 Å². The van der Waals surface area contributed by atoms with Gasteiger partial charge in [0.25, 0.3) is 0 Å². The number of hydrogen-bond acceptors (Lipinski definition) is 2. The Morgan fingerprint density at radius 2 is 2.00 bits per heavy atom. The fourth-order valence-electron chi connectivity index (χ4n) is 2.43. The number of fused-ring (bicyclic) bond motifs is 1. The zero-order valence-corrected chi connectivity index (χ0v) is 10.5. The van der Waals surface area contributed by atoms with Gasteiger partial charge in [0.2, 0.25) is 0 Å². The molecule has 1 N–H and O–H groups in total. The van der Waals surface area contributed by atoms with E-state index in [9.17, 15) is 9.50 Å². The predicted octanol–water partition coefficient (Wildman–Crippen LogP) is 3.23. The number of benzene rings is 2. The van der Waals surface area contributed by atoms with Gasteiger partial charge in [0.15, 0.2) is 0 Å². The van der Waals surface area contributed by atoms with Crippen molar-refractivity contribution in [3.63, 3.8) is 0 Å². The van der Waals surface area contributed by atoms with Crippen LogP contribution in [0.2, 0.25) is 0 Å². The van der Waals surface area contributed by atoms with Gasteiger partial charge in [-0.05, 0) is 42.2 Å². The number of halogens is 1. The molecule has 1 unspecified atom stereocenters. The molecule has 1 aliphatic heterocycles. The van der Waals surface area contributed by atoms with E-state index in [1.54, 1.807) is 24.3 Å². The second-order valence-electron chi connectivity index (χ2n) is 4.74. The minimum atomic E-state index is -0.937. The average molecular weight is 258 g/mol. The Morgan fingerprint density at radius 1 is 1.16 bits per heavy atom. The van der Waals surface area contributed by atoms with Gasteiger partial charge in [-0.2, -0.15) is 0 Å². The molecule has 3 heteroatoms. The number of hydrogen-bond donors (Lipinski definition) is 1. The number of aliphatic hydroxyl groups excluding tert-OH is 1. The lowest BCUT2D eigenvalue weighted by molar-refractivity contribution is 0.214. The fourth-order valence-corrected chi connectivity index (χ4v) is 2.43. The Kier molecular flexibility index (Phi) is 3.22. The van der Waals surface area contributed by atoms with Crippen LogP contribution in [0.4, 0.5) is 4.39 Å². The average Bonchev–Trinajstić information content (AvgIpc) is 2.46. The van der Waals surface area contributed by atoms with Gasteiger partial charge in [0.05, 0.1) is 6.61 Å². The van der Waals surface area contributed by atoms with E-state index in [1.165, 1.54) is 6.07 Å². The van der Waals surface area contributed by atoms with Crippen molar-refractivity contribution in [2.45, 2.75) is 18.9 Å². The van der Waals surface area contributed by atoms with Crippen LogP contribution >= 0.6 is 0 Å². The van der Waals surface area contributed by atoms with Crippen molar-refractivity contribution in [1.82, 2.24) is 0 Å². The normalized spacial score (nSPS) is 15.5. The van der Waals surface area contributed by atoms with Crippen molar-refractivity contribution >= 4 is 0 Å². The maximum atomic E-state index is 13.7. The third-order valence-electron chi connectivity index (χ3n) is 3.45. The van der Waals surface area contributed by atoms with Crippen LogP contribution in [0, 0.1) is 5.82 Å². The van der Waals surface area contributed by atoms with Gasteiger partial charge < -0.3 is 9.84 Å². The standard InChI is InChI=1S/C16H15FO2/c17-14-6-2-1-5-13(14)16(18)12-7-8-15-11(10-12)4-3-9-19-15/h1-2,5-8,10,16,18H,3-4,9H2. The Hall–Kier alpha value is -1.87. The van der Waals surface area contributed by atoms with Crippen molar-refractivity contribution in [3.05, 3.63) is 65.0 Å². The van der Waals surface area contributed by atoms with E-state index < -0.39 is 6.10 Å². The number of aliphatic hydroxyl groups is 1. The molecular weight excluding hydrogens is 243 g/mol. The molecule has 1 aliphatic rings. The summed E-state index contributed by atoms with van der Waals surface area (Å²) in [7, 11) is 0. The Labute approximate surface area is 111 Å². The molecule has 0 radical (unpaired) electrons. The van der Waals surface area contributed by atoms with Crippen LogP contribution in [0.5, 0.6) is 5.75 Å². The molecule has 0 spiro atoms. The van der Waals surface area contributed by atoms with Gasteiger partial charge in [0, 0.05) is 5.56 Å². The molecule has 2 nitrogen and oxygen atoms in total. The largest absolute Gasteiger partial charge is 0.493 e. The summed E-state index contributed by atoms with van der Waals surface area (Å²) in [5.74, 6) is 0.486. The van der Waals surface area contributed by atoms with Gasteiger partial charge in [0.1, 0.15) is 17.7 Å². The number of aryl methyl sites for hydroxylation is 1. The zero-order chi connectivity index (χ0) is 13.2. The molecule has 0 fully saturated rings. The van der Waals surface area contributed by atoms with E-state index in [2.05, 4.69) is 0 Å². The third-order valence-corrected chi connectivity index (χ3v) is 3.45. The van der Waals surface area contributed by atoms with E-state index in [0.717, 1.165) is 30.8 Å². The molecule has 0 saturated heterocycles. The lowest BCUT2D eigenvalue weighted by atomic mass is 9.96. The summed E-state index contributed by atoms with van der Waals surface area (Å²) in [6, 6.07) is 11.9. The molecule has 2 aromatic carbocycles. The summed E-state index contributed by atoms with van der Waals surface area (Å²) in [5.41, 5.74) is 2.09. The molecule has 0 aromatic heterocycles. The van der Waals surface area contributed by atoms with Crippen molar-refractivity contribution in [2.75, 3.05) is 6.61 Å². The van der Waals surface area contributed by atoms with E-state index >= 15 is 0 Å². The van der Waals surface area contributed by atoms with Gasteiger partial charge in [-0.1, -0.05) is 24.3 Å². The smallest absolute Gasteiger partial charge is 0.129 e. The molecule has 0 bridgehead atoms. The maximum Gasteiger partial charge on any atom is 0.129 e. The van der Waals surface area contributed by atoms with Gasteiger partial charge in [-0.3, -0.25) is 0 Å². The van der Waals surface area contributed by atoms with Crippen LogP contribution in [0.3, 0.4) is 0 Å². The van der Waals surface area contributed by atoms with Gasteiger partial charge in [-0.25, -0.2) is 4.39 Å². The predicted molar refractivity (Wildman–Crippen MR) is 70.7 cm³/mol. The first kappa shape index (κ1) is 12.2. The highest BCUT2D eigenvalue weighted by atomic mass is 19.1. The number of rotatable bonds is 2. The summed E-state index contributed by atoms with van der Waals surface area (Å²) in [5, 5.41) is 10.3. The highest BCUT2D eigenvalue weighted by Gasteiger charge is 2.17. The highest BCUT2D eigenvalue weighted by Crippen LogP contribution is 2.30. The molecule has 0 amide bonds. The molecule has 2 aromatic rings. The lowest BCUT2D eigenvalue weighted by Gasteiger charge is -2.19. The van der Waals surface area contributed by atoms with Crippen molar-refractivity contribution < 1.29 is 14.2 Å².